The summed E-state index contributed by atoms with van der Waals surface area (Å²) >= 11 is 0. The summed E-state index contributed by atoms with van der Waals surface area (Å²) in [7, 11) is 0. The van der Waals surface area contributed by atoms with Gasteiger partial charge in [-0.05, 0) is 26.2 Å². The van der Waals surface area contributed by atoms with Gasteiger partial charge in [0.1, 0.15) is 0 Å². The lowest BCUT2D eigenvalue weighted by atomic mass is 9.92. The molecule has 3 heteroatoms. The molecule has 2 atom stereocenters. The Morgan fingerprint density at radius 2 is 2.09 bits per heavy atom. The Balaban J connectivity index is 3.52. The van der Waals surface area contributed by atoms with Gasteiger partial charge < -0.3 is 16.6 Å². The van der Waals surface area contributed by atoms with E-state index in [0.717, 1.165) is 19.3 Å². The van der Waals surface area contributed by atoms with Crippen LogP contribution in [-0.4, -0.2) is 23.3 Å². The molecule has 0 aliphatic heterocycles. The second kappa shape index (κ2) is 4.70. The molecule has 11 heavy (non-hydrogen) atoms. The third kappa shape index (κ3) is 5.18. The lowest BCUT2D eigenvalue weighted by Gasteiger charge is -2.23. The standard InChI is InChI=1S/C8H20N2O/c1-3-8(2,10)5-4-7(9)6-11/h7,11H,3-6,9-10H2,1-2H3. The zero-order chi connectivity index (χ0) is 8.91. The van der Waals surface area contributed by atoms with Gasteiger partial charge in [-0.2, -0.15) is 0 Å². The highest BCUT2D eigenvalue weighted by molar-refractivity contribution is 4.78. The van der Waals surface area contributed by atoms with E-state index in [2.05, 4.69) is 6.92 Å². The molecule has 0 aromatic carbocycles. The van der Waals surface area contributed by atoms with E-state index in [0.29, 0.717) is 0 Å². The van der Waals surface area contributed by atoms with E-state index in [4.69, 9.17) is 16.6 Å². The van der Waals surface area contributed by atoms with E-state index in [1.807, 2.05) is 6.92 Å². The van der Waals surface area contributed by atoms with Crippen LogP contribution in [0.5, 0.6) is 0 Å². The summed E-state index contributed by atoms with van der Waals surface area (Å²) in [5.74, 6) is 0. The van der Waals surface area contributed by atoms with Crippen molar-refractivity contribution in [2.24, 2.45) is 11.5 Å². The molecule has 0 spiro atoms. The maximum Gasteiger partial charge on any atom is 0.0582 e. The zero-order valence-corrected chi connectivity index (χ0v) is 7.51. The van der Waals surface area contributed by atoms with Gasteiger partial charge in [-0.25, -0.2) is 0 Å². The van der Waals surface area contributed by atoms with Crippen molar-refractivity contribution in [3.63, 3.8) is 0 Å². The number of hydrogen-bond donors (Lipinski definition) is 3. The van der Waals surface area contributed by atoms with Crippen molar-refractivity contribution in [1.82, 2.24) is 0 Å². The Morgan fingerprint density at radius 3 is 2.45 bits per heavy atom. The van der Waals surface area contributed by atoms with Crippen molar-refractivity contribution < 1.29 is 5.11 Å². The molecule has 2 unspecified atom stereocenters. The van der Waals surface area contributed by atoms with Gasteiger partial charge in [-0.3, -0.25) is 0 Å². The summed E-state index contributed by atoms with van der Waals surface area (Å²) in [6, 6.07) is -0.107. The monoisotopic (exact) mass is 160 g/mol. The summed E-state index contributed by atoms with van der Waals surface area (Å²) < 4.78 is 0. The molecule has 0 radical (unpaired) electrons. The van der Waals surface area contributed by atoms with Gasteiger partial charge >= 0.3 is 0 Å². The van der Waals surface area contributed by atoms with Crippen LogP contribution in [0.25, 0.3) is 0 Å². The summed E-state index contributed by atoms with van der Waals surface area (Å²) in [6.07, 6.45) is 2.63. The minimum atomic E-state index is -0.118. The van der Waals surface area contributed by atoms with Crippen LogP contribution in [-0.2, 0) is 0 Å². The molecule has 0 aliphatic rings. The largest absolute Gasteiger partial charge is 0.395 e. The fourth-order valence-corrected chi connectivity index (χ4v) is 0.783. The summed E-state index contributed by atoms with van der Waals surface area (Å²) in [4.78, 5) is 0. The lowest BCUT2D eigenvalue weighted by molar-refractivity contribution is 0.248. The molecule has 0 aliphatic carbocycles. The minimum Gasteiger partial charge on any atom is -0.395 e. The first-order valence-corrected chi connectivity index (χ1v) is 4.17. The van der Waals surface area contributed by atoms with Crippen LogP contribution >= 0.6 is 0 Å². The Hall–Kier alpha value is -0.120. The predicted molar refractivity (Wildman–Crippen MR) is 47.2 cm³/mol. The fourth-order valence-electron chi connectivity index (χ4n) is 0.783. The second-order valence-electron chi connectivity index (χ2n) is 3.49. The van der Waals surface area contributed by atoms with Crippen LogP contribution in [0.3, 0.4) is 0 Å². The maximum absolute atomic E-state index is 8.64. The van der Waals surface area contributed by atoms with Crippen molar-refractivity contribution in [2.45, 2.75) is 44.7 Å². The van der Waals surface area contributed by atoms with Gasteiger partial charge in [0.05, 0.1) is 6.61 Å². The zero-order valence-electron chi connectivity index (χ0n) is 7.51. The smallest absolute Gasteiger partial charge is 0.0582 e. The molecule has 5 N–H and O–H groups in total. The molecule has 0 saturated heterocycles. The summed E-state index contributed by atoms with van der Waals surface area (Å²) in [5, 5.41) is 8.64. The molecular weight excluding hydrogens is 140 g/mol. The minimum absolute atomic E-state index is 0.0554. The molecule has 0 amide bonds. The second-order valence-corrected chi connectivity index (χ2v) is 3.49. The van der Waals surface area contributed by atoms with Crippen LogP contribution in [0.1, 0.15) is 33.1 Å². The van der Waals surface area contributed by atoms with Crippen molar-refractivity contribution in [3.8, 4) is 0 Å². The molecule has 0 fully saturated rings. The maximum atomic E-state index is 8.64. The van der Waals surface area contributed by atoms with Gasteiger partial charge in [-0.15, -0.1) is 0 Å². The quantitative estimate of drug-likeness (QED) is 0.538. The summed E-state index contributed by atoms with van der Waals surface area (Å²) in [5.41, 5.74) is 11.3. The van der Waals surface area contributed by atoms with Crippen LogP contribution in [0.2, 0.25) is 0 Å². The van der Waals surface area contributed by atoms with E-state index in [-0.39, 0.29) is 18.2 Å². The number of aliphatic hydroxyl groups excluding tert-OH is 1. The average Bonchev–Trinajstić information content (AvgIpc) is 2.00. The number of hydrogen-bond acceptors (Lipinski definition) is 3. The van der Waals surface area contributed by atoms with Crippen LogP contribution < -0.4 is 11.5 Å². The average molecular weight is 160 g/mol. The Labute approximate surface area is 68.8 Å². The van der Waals surface area contributed by atoms with Crippen molar-refractivity contribution >= 4 is 0 Å². The molecule has 3 nitrogen and oxygen atoms in total. The highest BCUT2D eigenvalue weighted by Gasteiger charge is 2.16. The SMILES string of the molecule is CCC(C)(N)CCC(N)CO. The molecule has 0 bridgehead atoms. The van der Waals surface area contributed by atoms with Crippen molar-refractivity contribution in [1.29, 1.82) is 0 Å². The topological polar surface area (TPSA) is 72.3 Å². The fraction of sp³-hybridized carbons (Fsp3) is 1.00. The highest BCUT2D eigenvalue weighted by Crippen LogP contribution is 2.13. The van der Waals surface area contributed by atoms with E-state index in [9.17, 15) is 0 Å². The van der Waals surface area contributed by atoms with Gasteiger partial charge in [0.25, 0.3) is 0 Å². The predicted octanol–water partition coefficient (Wildman–Crippen LogP) is 0.214. The molecule has 68 valence electrons. The number of rotatable bonds is 5. The normalized spacial score (nSPS) is 19.4. The molecule has 0 rings (SSSR count). The van der Waals surface area contributed by atoms with E-state index >= 15 is 0 Å². The molecule has 0 aromatic rings. The van der Waals surface area contributed by atoms with Crippen molar-refractivity contribution in [3.05, 3.63) is 0 Å². The Bertz CT molecular complexity index is 104. The van der Waals surface area contributed by atoms with Gasteiger partial charge in [-0.1, -0.05) is 6.92 Å². The summed E-state index contributed by atoms with van der Waals surface area (Å²) in [6.45, 7) is 4.13. The van der Waals surface area contributed by atoms with Gasteiger partial charge in [0.15, 0.2) is 0 Å². The van der Waals surface area contributed by atoms with E-state index in [1.54, 1.807) is 0 Å². The molecule has 0 heterocycles. The molecule has 0 saturated carbocycles. The first-order chi connectivity index (χ1) is 5.02. The van der Waals surface area contributed by atoms with E-state index < -0.39 is 0 Å². The van der Waals surface area contributed by atoms with E-state index in [1.165, 1.54) is 0 Å². The Morgan fingerprint density at radius 1 is 1.55 bits per heavy atom. The number of nitrogens with two attached hydrogens (primary N) is 2. The first kappa shape index (κ1) is 10.9. The number of aliphatic hydroxyl groups is 1. The third-order valence-corrected chi connectivity index (χ3v) is 2.13. The van der Waals surface area contributed by atoms with Crippen LogP contribution in [0.4, 0.5) is 0 Å². The molecular formula is C8H20N2O. The van der Waals surface area contributed by atoms with Gasteiger partial charge in [0.2, 0.25) is 0 Å². The highest BCUT2D eigenvalue weighted by atomic mass is 16.3. The van der Waals surface area contributed by atoms with Gasteiger partial charge in [0, 0.05) is 11.6 Å². The lowest BCUT2D eigenvalue weighted by Crippen LogP contribution is -2.37. The van der Waals surface area contributed by atoms with Crippen LogP contribution in [0.15, 0.2) is 0 Å². The third-order valence-electron chi connectivity index (χ3n) is 2.13. The van der Waals surface area contributed by atoms with Crippen LogP contribution in [0, 0.1) is 0 Å². The van der Waals surface area contributed by atoms with Crippen molar-refractivity contribution in [2.75, 3.05) is 6.61 Å². The first-order valence-electron chi connectivity index (χ1n) is 4.17. The Kier molecular flexibility index (Phi) is 4.65. The molecule has 0 aromatic heterocycles.